The minimum absolute atomic E-state index is 0.280. The van der Waals surface area contributed by atoms with E-state index in [0.29, 0.717) is 12.3 Å². The third-order valence-corrected chi connectivity index (χ3v) is 3.46. The maximum atomic E-state index is 10.2. The van der Waals surface area contributed by atoms with E-state index in [1.54, 1.807) is 0 Å². The van der Waals surface area contributed by atoms with E-state index in [1.807, 2.05) is 0 Å². The molecule has 1 aromatic carbocycles. The summed E-state index contributed by atoms with van der Waals surface area (Å²) in [5.74, 6) is 2.89. The van der Waals surface area contributed by atoms with E-state index in [1.165, 1.54) is 17.5 Å². The second-order valence-electron chi connectivity index (χ2n) is 4.51. The van der Waals surface area contributed by atoms with Crippen molar-refractivity contribution >= 4 is 0 Å². The van der Waals surface area contributed by atoms with Crippen LogP contribution in [0, 0.1) is 12.3 Å². The molecule has 0 radical (unpaired) electrons. The summed E-state index contributed by atoms with van der Waals surface area (Å²) in [5.41, 5.74) is 2.73. The lowest BCUT2D eigenvalue weighted by Crippen LogP contribution is -2.22. The molecule has 0 aliphatic heterocycles. The van der Waals surface area contributed by atoms with Crippen molar-refractivity contribution in [2.24, 2.45) is 0 Å². The highest BCUT2D eigenvalue weighted by atomic mass is 16.3. The summed E-state index contributed by atoms with van der Waals surface area (Å²) in [6, 6.07) is 8.47. The van der Waals surface area contributed by atoms with Gasteiger partial charge >= 0.3 is 0 Å². The second kappa shape index (κ2) is 5.18. The van der Waals surface area contributed by atoms with Crippen LogP contribution in [0.25, 0.3) is 0 Å². The Morgan fingerprint density at radius 3 is 3.06 bits per heavy atom. The molecule has 0 fully saturated rings. The molecule has 1 aliphatic rings. The number of terminal acetylenes is 1. The molecule has 84 valence electrons. The monoisotopic (exact) mass is 214 g/mol. The highest BCUT2D eigenvalue weighted by Gasteiger charge is 2.25. The van der Waals surface area contributed by atoms with E-state index < -0.39 is 0 Å². The zero-order chi connectivity index (χ0) is 11.4. The fraction of sp³-hybridized carbons (Fsp3) is 0.467. The second-order valence-corrected chi connectivity index (χ2v) is 4.51. The fourth-order valence-corrected chi connectivity index (χ4v) is 2.62. The molecule has 1 aliphatic carbocycles. The average Bonchev–Trinajstić information content (AvgIpc) is 2.35. The van der Waals surface area contributed by atoms with Crippen molar-refractivity contribution < 1.29 is 5.11 Å². The van der Waals surface area contributed by atoms with E-state index in [9.17, 15) is 5.11 Å². The van der Waals surface area contributed by atoms with Crippen LogP contribution >= 0.6 is 0 Å². The van der Waals surface area contributed by atoms with Gasteiger partial charge < -0.3 is 5.11 Å². The molecule has 2 rings (SSSR count). The number of aryl methyl sites for hydroxylation is 1. The van der Waals surface area contributed by atoms with Crippen LogP contribution in [-0.2, 0) is 6.42 Å². The van der Waals surface area contributed by atoms with Crippen LogP contribution in [0.2, 0.25) is 0 Å². The number of rotatable bonds is 3. The topological polar surface area (TPSA) is 20.2 Å². The Morgan fingerprint density at radius 1 is 1.44 bits per heavy atom. The largest absolute Gasteiger partial charge is 0.392 e. The zero-order valence-corrected chi connectivity index (χ0v) is 9.52. The van der Waals surface area contributed by atoms with Crippen LogP contribution in [0.4, 0.5) is 0 Å². The predicted molar refractivity (Wildman–Crippen MR) is 66.2 cm³/mol. The summed E-state index contributed by atoms with van der Waals surface area (Å²) in [6.07, 6.45) is 9.75. The smallest absolute Gasteiger partial charge is 0.0617 e. The Labute approximate surface area is 97.5 Å². The maximum absolute atomic E-state index is 10.2. The van der Waals surface area contributed by atoms with Crippen molar-refractivity contribution in [3.8, 4) is 12.3 Å². The van der Waals surface area contributed by atoms with Gasteiger partial charge in [-0.15, -0.1) is 12.3 Å². The Bertz CT molecular complexity index is 389. The lowest BCUT2D eigenvalue weighted by atomic mass is 9.79. The summed E-state index contributed by atoms with van der Waals surface area (Å²) in [7, 11) is 0. The molecule has 0 bridgehead atoms. The Kier molecular flexibility index (Phi) is 3.64. The fourth-order valence-electron chi connectivity index (χ4n) is 2.62. The van der Waals surface area contributed by atoms with E-state index in [0.717, 1.165) is 19.3 Å². The van der Waals surface area contributed by atoms with Crippen LogP contribution in [0.5, 0.6) is 0 Å². The number of benzene rings is 1. The van der Waals surface area contributed by atoms with Crippen molar-refractivity contribution in [2.75, 3.05) is 0 Å². The van der Waals surface area contributed by atoms with Crippen molar-refractivity contribution in [3.05, 3.63) is 35.4 Å². The molecule has 2 unspecified atom stereocenters. The quantitative estimate of drug-likeness (QED) is 0.767. The van der Waals surface area contributed by atoms with Crippen molar-refractivity contribution in [2.45, 2.75) is 44.1 Å². The molecule has 1 nitrogen and oxygen atoms in total. The molecule has 1 aromatic rings. The third kappa shape index (κ3) is 2.28. The maximum Gasteiger partial charge on any atom is 0.0617 e. The van der Waals surface area contributed by atoms with Gasteiger partial charge in [0.05, 0.1) is 6.10 Å². The van der Waals surface area contributed by atoms with E-state index in [-0.39, 0.29) is 6.10 Å². The molecule has 0 amide bonds. The van der Waals surface area contributed by atoms with Gasteiger partial charge in [0.1, 0.15) is 0 Å². The van der Waals surface area contributed by atoms with Gasteiger partial charge in [-0.25, -0.2) is 0 Å². The predicted octanol–water partition coefficient (Wildman–Crippen LogP) is 2.88. The molecule has 2 atom stereocenters. The lowest BCUT2D eigenvalue weighted by Gasteiger charge is -2.29. The van der Waals surface area contributed by atoms with Gasteiger partial charge in [0.15, 0.2) is 0 Å². The van der Waals surface area contributed by atoms with Gasteiger partial charge in [0.2, 0.25) is 0 Å². The highest BCUT2D eigenvalue weighted by molar-refractivity contribution is 5.33. The number of fused-ring (bicyclic) bond motifs is 1. The summed E-state index contributed by atoms with van der Waals surface area (Å²) in [4.78, 5) is 0. The molecule has 16 heavy (non-hydrogen) atoms. The summed E-state index contributed by atoms with van der Waals surface area (Å²) >= 11 is 0. The standard InChI is InChI=1S/C15H18O/c1-2-3-11-15(16)14-10-6-8-12-7-4-5-9-13(12)14/h1,4-5,7,9,14-16H,3,6,8,10-11H2. The molecule has 1 N–H and O–H groups in total. The first-order valence-corrected chi connectivity index (χ1v) is 6.02. The summed E-state index contributed by atoms with van der Waals surface area (Å²) in [6.45, 7) is 0. The van der Waals surface area contributed by atoms with Crippen LogP contribution in [0.15, 0.2) is 24.3 Å². The third-order valence-electron chi connectivity index (χ3n) is 3.46. The number of aliphatic hydroxyl groups excluding tert-OH is 1. The van der Waals surface area contributed by atoms with E-state index >= 15 is 0 Å². The van der Waals surface area contributed by atoms with Gasteiger partial charge in [0.25, 0.3) is 0 Å². The molecular formula is C15H18O. The van der Waals surface area contributed by atoms with Gasteiger partial charge in [-0.05, 0) is 36.8 Å². The Morgan fingerprint density at radius 2 is 2.25 bits per heavy atom. The Balaban J connectivity index is 2.15. The van der Waals surface area contributed by atoms with Crippen molar-refractivity contribution in [1.29, 1.82) is 0 Å². The van der Waals surface area contributed by atoms with Crippen molar-refractivity contribution in [1.82, 2.24) is 0 Å². The Hall–Kier alpha value is -1.26. The molecule has 0 saturated heterocycles. The number of hydrogen-bond donors (Lipinski definition) is 1. The summed E-state index contributed by atoms with van der Waals surface area (Å²) < 4.78 is 0. The van der Waals surface area contributed by atoms with Crippen molar-refractivity contribution in [3.63, 3.8) is 0 Å². The van der Waals surface area contributed by atoms with Crippen LogP contribution in [0.3, 0.4) is 0 Å². The molecule has 1 heteroatoms. The SMILES string of the molecule is C#CCCC(O)C1CCCc2ccccc21. The van der Waals surface area contributed by atoms with Crippen LogP contribution < -0.4 is 0 Å². The number of hydrogen-bond acceptors (Lipinski definition) is 1. The molecular weight excluding hydrogens is 196 g/mol. The van der Waals surface area contributed by atoms with E-state index in [4.69, 9.17) is 6.42 Å². The summed E-state index contributed by atoms with van der Waals surface area (Å²) in [5, 5.41) is 10.2. The molecule has 0 aromatic heterocycles. The zero-order valence-electron chi connectivity index (χ0n) is 9.52. The van der Waals surface area contributed by atoms with E-state index in [2.05, 4.69) is 30.2 Å². The van der Waals surface area contributed by atoms with Crippen LogP contribution in [-0.4, -0.2) is 11.2 Å². The van der Waals surface area contributed by atoms with Gasteiger partial charge in [-0.2, -0.15) is 0 Å². The van der Waals surface area contributed by atoms with Gasteiger partial charge in [-0.3, -0.25) is 0 Å². The van der Waals surface area contributed by atoms with Crippen LogP contribution in [0.1, 0.15) is 42.7 Å². The van der Waals surface area contributed by atoms with Gasteiger partial charge in [-0.1, -0.05) is 24.3 Å². The minimum Gasteiger partial charge on any atom is -0.392 e. The van der Waals surface area contributed by atoms with Gasteiger partial charge in [0, 0.05) is 12.3 Å². The normalized spacial score (nSPS) is 20.9. The lowest BCUT2D eigenvalue weighted by molar-refractivity contribution is 0.127. The highest BCUT2D eigenvalue weighted by Crippen LogP contribution is 2.35. The molecule has 0 heterocycles. The molecule has 0 saturated carbocycles. The molecule has 0 spiro atoms. The number of aliphatic hydroxyl groups is 1. The first-order chi connectivity index (χ1) is 7.83. The first-order valence-electron chi connectivity index (χ1n) is 6.02. The average molecular weight is 214 g/mol. The first kappa shape index (κ1) is 11.2. The minimum atomic E-state index is -0.280.